The number of ether oxygens (including phenoxy) is 2. The van der Waals surface area contributed by atoms with Gasteiger partial charge in [-0.3, -0.25) is 10.1 Å². The van der Waals surface area contributed by atoms with Crippen molar-refractivity contribution in [2.45, 2.75) is 6.04 Å². The van der Waals surface area contributed by atoms with E-state index in [1.54, 1.807) is 12.1 Å². The normalized spacial score (nSPS) is 19.9. The number of hydrogen-bond donors (Lipinski definition) is 1. The maximum atomic E-state index is 11.0. The van der Waals surface area contributed by atoms with Crippen molar-refractivity contribution in [3.63, 3.8) is 0 Å². The van der Waals surface area contributed by atoms with Gasteiger partial charge in [0.2, 0.25) is 0 Å². The number of hydrogen-bond acceptors (Lipinski definition) is 5. The highest BCUT2D eigenvalue weighted by molar-refractivity contribution is 5.47. The molecule has 1 aromatic rings. The van der Waals surface area contributed by atoms with Crippen molar-refractivity contribution in [1.82, 2.24) is 5.32 Å². The molecule has 1 atom stereocenters. The molecule has 2 rings (SSSR count). The zero-order valence-electron chi connectivity index (χ0n) is 9.51. The SMILES string of the molecule is COc1ccc([N+](=O)[O-])c(C2COCCN2)c1. The summed E-state index contributed by atoms with van der Waals surface area (Å²) in [5.74, 6) is 0.609. The Hall–Kier alpha value is -1.66. The number of nitro benzene ring substituents is 1. The largest absolute Gasteiger partial charge is 0.497 e. The molecule has 0 radical (unpaired) electrons. The first-order valence-corrected chi connectivity index (χ1v) is 5.36. The van der Waals surface area contributed by atoms with Crippen molar-refractivity contribution in [2.24, 2.45) is 0 Å². The first-order valence-electron chi connectivity index (χ1n) is 5.36. The van der Waals surface area contributed by atoms with Crippen molar-refractivity contribution < 1.29 is 14.4 Å². The van der Waals surface area contributed by atoms with E-state index in [4.69, 9.17) is 9.47 Å². The van der Waals surface area contributed by atoms with Gasteiger partial charge in [0.15, 0.2) is 0 Å². The Balaban J connectivity index is 2.36. The molecule has 1 unspecified atom stereocenters. The lowest BCUT2D eigenvalue weighted by Crippen LogP contribution is -2.34. The van der Waals surface area contributed by atoms with Crippen molar-refractivity contribution in [3.8, 4) is 5.75 Å². The van der Waals surface area contributed by atoms with E-state index in [0.717, 1.165) is 0 Å². The molecule has 0 saturated carbocycles. The van der Waals surface area contributed by atoms with Gasteiger partial charge in [0, 0.05) is 12.6 Å². The lowest BCUT2D eigenvalue weighted by atomic mass is 10.0. The topological polar surface area (TPSA) is 73.6 Å². The minimum Gasteiger partial charge on any atom is -0.497 e. The molecule has 6 heteroatoms. The number of rotatable bonds is 3. The molecule has 17 heavy (non-hydrogen) atoms. The number of benzene rings is 1. The third-order valence-corrected chi connectivity index (χ3v) is 2.73. The average Bonchev–Trinajstić information content (AvgIpc) is 2.39. The third kappa shape index (κ3) is 2.54. The van der Waals surface area contributed by atoms with E-state index in [-0.39, 0.29) is 16.7 Å². The predicted molar refractivity (Wildman–Crippen MR) is 61.2 cm³/mol. The molecule has 0 spiro atoms. The Morgan fingerprint density at radius 1 is 1.59 bits per heavy atom. The molecule has 0 aromatic heterocycles. The molecule has 1 fully saturated rings. The number of nitrogens with zero attached hydrogens (tertiary/aromatic N) is 1. The van der Waals surface area contributed by atoms with Gasteiger partial charge in [0.1, 0.15) is 5.75 Å². The summed E-state index contributed by atoms with van der Waals surface area (Å²) in [7, 11) is 1.54. The molecule has 6 nitrogen and oxygen atoms in total. The van der Waals surface area contributed by atoms with Crippen LogP contribution >= 0.6 is 0 Å². The molecular weight excluding hydrogens is 224 g/mol. The maximum Gasteiger partial charge on any atom is 0.274 e. The van der Waals surface area contributed by atoms with E-state index < -0.39 is 0 Å². The van der Waals surface area contributed by atoms with E-state index in [1.165, 1.54) is 13.2 Å². The number of nitro groups is 1. The highest BCUT2D eigenvalue weighted by atomic mass is 16.6. The second kappa shape index (κ2) is 5.11. The van der Waals surface area contributed by atoms with Crippen LogP contribution in [0.4, 0.5) is 5.69 Å². The Morgan fingerprint density at radius 2 is 2.41 bits per heavy atom. The number of morpholine rings is 1. The van der Waals surface area contributed by atoms with Crippen LogP contribution in [0.3, 0.4) is 0 Å². The third-order valence-electron chi connectivity index (χ3n) is 2.73. The van der Waals surface area contributed by atoms with Crippen LogP contribution in [-0.4, -0.2) is 31.8 Å². The van der Waals surface area contributed by atoms with Crippen molar-refractivity contribution >= 4 is 5.69 Å². The van der Waals surface area contributed by atoms with Crippen molar-refractivity contribution in [2.75, 3.05) is 26.9 Å². The summed E-state index contributed by atoms with van der Waals surface area (Å²) in [5.41, 5.74) is 0.697. The molecule has 1 aliphatic heterocycles. The fourth-order valence-corrected chi connectivity index (χ4v) is 1.87. The van der Waals surface area contributed by atoms with Crippen LogP contribution in [0.2, 0.25) is 0 Å². The van der Waals surface area contributed by atoms with E-state index in [2.05, 4.69) is 5.32 Å². The molecule has 1 aliphatic rings. The van der Waals surface area contributed by atoms with Gasteiger partial charge in [-0.05, 0) is 12.1 Å². The van der Waals surface area contributed by atoms with Crippen LogP contribution in [0, 0.1) is 10.1 Å². The Morgan fingerprint density at radius 3 is 3.00 bits per heavy atom. The fraction of sp³-hybridized carbons (Fsp3) is 0.455. The summed E-state index contributed by atoms with van der Waals surface area (Å²) < 4.78 is 10.4. The van der Waals surface area contributed by atoms with Crippen LogP contribution in [0.25, 0.3) is 0 Å². The average molecular weight is 238 g/mol. The summed E-state index contributed by atoms with van der Waals surface area (Å²) >= 11 is 0. The monoisotopic (exact) mass is 238 g/mol. The summed E-state index contributed by atoms with van der Waals surface area (Å²) in [4.78, 5) is 10.6. The minimum atomic E-state index is -0.384. The molecule has 1 saturated heterocycles. The molecular formula is C11H14N2O4. The van der Waals surface area contributed by atoms with Gasteiger partial charge in [-0.1, -0.05) is 0 Å². The first-order chi connectivity index (χ1) is 8.22. The van der Waals surface area contributed by atoms with Gasteiger partial charge in [-0.15, -0.1) is 0 Å². The van der Waals surface area contributed by atoms with E-state index in [1.807, 2.05) is 0 Å². The number of methoxy groups -OCH3 is 1. The van der Waals surface area contributed by atoms with Crippen LogP contribution in [-0.2, 0) is 4.74 Å². The van der Waals surface area contributed by atoms with Crippen LogP contribution < -0.4 is 10.1 Å². The zero-order chi connectivity index (χ0) is 12.3. The van der Waals surface area contributed by atoms with E-state index in [0.29, 0.717) is 31.1 Å². The van der Waals surface area contributed by atoms with Gasteiger partial charge < -0.3 is 14.8 Å². The lowest BCUT2D eigenvalue weighted by Gasteiger charge is -2.24. The standard InChI is InChI=1S/C11H14N2O4/c1-16-8-2-3-11(13(14)15)9(6-8)10-7-17-5-4-12-10/h2-3,6,10,12H,4-5,7H2,1H3. The molecule has 0 amide bonds. The highest BCUT2D eigenvalue weighted by Gasteiger charge is 2.24. The summed E-state index contributed by atoms with van der Waals surface area (Å²) in [6.45, 7) is 1.77. The van der Waals surface area contributed by atoms with Gasteiger partial charge in [0.25, 0.3) is 5.69 Å². The van der Waals surface area contributed by atoms with E-state index >= 15 is 0 Å². The van der Waals surface area contributed by atoms with Gasteiger partial charge in [-0.25, -0.2) is 0 Å². The zero-order valence-corrected chi connectivity index (χ0v) is 9.51. The molecule has 0 aliphatic carbocycles. The Bertz CT molecular complexity index is 416. The first kappa shape index (κ1) is 11.8. The van der Waals surface area contributed by atoms with Crippen LogP contribution in [0.1, 0.15) is 11.6 Å². The molecule has 1 N–H and O–H groups in total. The number of nitrogens with one attached hydrogen (secondary N) is 1. The molecule has 0 bridgehead atoms. The second-order valence-electron chi connectivity index (χ2n) is 3.76. The Kier molecular flexibility index (Phi) is 3.55. The predicted octanol–water partition coefficient (Wildman–Crippen LogP) is 1.26. The highest BCUT2D eigenvalue weighted by Crippen LogP contribution is 2.30. The maximum absolute atomic E-state index is 11.0. The van der Waals surface area contributed by atoms with Crippen molar-refractivity contribution in [3.05, 3.63) is 33.9 Å². The van der Waals surface area contributed by atoms with Gasteiger partial charge in [0.05, 0.1) is 36.9 Å². The smallest absolute Gasteiger partial charge is 0.274 e. The molecule has 1 aromatic carbocycles. The van der Waals surface area contributed by atoms with Crippen molar-refractivity contribution in [1.29, 1.82) is 0 Å². The molecule has 92 valence electrons. The summed E-state index contributed by atoms with van der Waals surface area (Å²) in [6, 6.07) is 4.58. The van der Waals surface area contributed by atoms with E-state index in [9.17, 15) is 10.1 Å². The fourth-order valence-electron chi connectivity index (χ4n) is 1.87. The summed E-state index contributed by atoms with van der Waals surface area (Å²) in [6.07, 6.45) is 0. The minimum absolute atomic E-state index is 0.0915. The second-order valence-corrected chi connectivity index (χ2v) is 3.76. The quantitative estimate of drug-likeness (QED) is 0.634. The van der Waals surface area contributed by atoms with Crippen LogP contribution in [0.5, 0.6) is 5.75 Å². The lowest BCUT2D eigenvalue weighted by molar-refractivity contribution is -0.385. The summed E-state index contributed by atoms with van der Waals surface area (Å²) in [5, 5.41) is 14.2. The Labute approximate surface area is 98.7 Å². The molecule has 1 heterocycles. The van der Waals surface area contributed by atoms with Crippen LogP contribution in [0.15, 0.2) is 18.2 Å². The van der Waals surface area contributed by atoms with Gasteiger partial charge >= 0.3 is 0 Å². The van der Waals surface area contributed by atoms with Gasteiger partial charge in [-0.2, -0.15) is 0 Å².